The van der Waals surface area contributed by atoms with Crippen LogP contribution in [0.3, 0.4) is 0 Å². The first-order valence-corrected chi connectivity index (χ1v) is 13.3. The van der Waals surface area contributed by atoms with Gasteiger partial charge in [0.25, 0.3) is 11.9 Å². The Labute approximate surface area is 213 Å². The molecule has 6 rings (SSSR count). The Bertz CT molecular complexity index is 1200. The van der Waals surface area contributed by atoms with Gasteiger partial charge < -0.3 is 19.5 Å². The quantitative estimate of drug-likeness (QED) is 0.457. The summed E-state index contributed by atoms with van der Waals surface area (Å²) < 4.78 is 60.5. The van der Waals surface area contributed by atoms with Crippen LogP contribution < -0.4 is 15.1 Å². The summed E-state index contributed by atoms with van der Waals surface area (Å²) in [6.45, 7) is 6.12. The molecule has 1 N–H and O–H groups in total. The Balaban J connectivity index is 1.21. The van der Waals surface area contributed by atoms with E-state index in [1.54, 1.807) is 11.0 Å². The minimum atomic E-state index is -4.57. The van der Waals surface area contributed by atoms with Crippen LogP contribution in [0, 0.1) is 23.1 Å². The molecular formula is C27H32F4N4O2. The van der Waals surface area contributed by atoms with Crippen molar-refractivity contribution in [2.75, 3.05) is 34.8 Å². The maximum Gasteiger partial charge on any atom is 0.396 e. The van der Waals surface area contributed by atoms with Gasteiger partial charge in [-0.3, -0.25) is 4.79 Å². The van der Waals surface area contributed by atoms with Gasteiger partial charge in [0.2, 0.25) is 0 Å². The van der Waals surface area contributed by atoms with Crippen molar-refractivity contribution in [3.63, 3.8) is 0 Å². The number of carbonyl (C=O) groups excluding carboxylic acids is 1. The van der Waals surface area contributed by atoms with Gasteiger partial charge in [0.1, 0.15) is 18.0 Å². The van der Waals surface area contributed by atoms with E-state index in [1.807, 2.05) is 0 Å². The summed E-state index contributed by atoms with van der Waals surface area (Å²) in [4.78, 5) is 21.2. The first-order valence-electron chi connectivity index (χ1n) is 13.3. The lowest BCUT2D eigenvalue weighted by Gasteiger charge is -2.49. The second-order valence-electron chi connectivity index (χ2n) is 11.4. The molecule has 6 nitrogen and oxygen atoms in total. The number of halogens is 4. The third kappa shape index (κ3) is 4.46. The van der Waals surface area contributed by atoms with Gasteiger partial charge >= 0.3 is 6.18 Å². The van der Waals surface area contributed by atoms with E-state index in [1.165, 1.54) is 12.5 Å². The van der Waals surface area contributed by atoms with Gasteiger partial charge in [-0.1, -0.05) is 13.8 Å². The molecular weight excluding hydrogens is 488 g/mol. The molecule has 2 aliphatic heterocycles. The highest BCUT2D eigenvalue weighted by Crippen LogP contribution is 2.54. The second-order valence-corrected chi connectivity index (χ2v) is 11.4. The Morgan fingerprint density at radius 2 is 1.86 bits per heavy atom. The number of alkyl halides is 3. The zero-order chi connectivity index (χ0) is 26.1. The predicted octanol–water partition coefficient (Wildman–Crippen LogP) is 5.96. The van der Waals surface area contributed by atoms with E-state index in [9.17, 15) is 18.0 Å². The van der Waals surface area contributed by atoms with E-state index in [0.717, 1.165) is 49.6 Å². The molecule has 1 saturated heterocycles. The number of amides is 1. The van der Waals surface area contributed by atoms with Gasteiger partial charge in [-0.25, -0.2) is 4.39 Å². The Hall–Kier alpha value is -2.78. The van der Waals surface area contributed by atoms with Crippen LogP contribution in [0.5, 0.6) is 0 Å². The standard InChI is InChI=1S/C27H32F4N4O2/c1-3-26(4-2)13-34(14-26)25-33-22(21(37-25)12-27(29,30)31)24(36)32-18-8-15-5-6-35(23(15)20(28)11-18)19-9-16-7-17(16)10-19/h8,11,16-17,19H,3-7,9-10,12-14H2,1-2H3,(H,32,36). The Morgan fingerprint density at radius 1 is 1.16 bits per heavy atom. The molecule has 0 bridgehead atoms. The van der Waals surface area contributed by atoms with Crippen molar-refractivity contribution >= 4 is 23.3 Å². The first-order chi connectivity index (χ1) is 17.6. The van der Waals surface area contributed by atoms with E-state index in [-0.39, 0.29) is 17.1 Å². The number of aromatic nitrogens is 1. The molecule has 1 aromatic carbocycles. The molecule has 2 saturated carbocycles. The van der Waals surface area contributed by atoms with Gasteiger partial charge in [0.15, 0.2) is 5.69 Å². The predicted molar refractivity (Wildman–Crippen MR) is 132 cm³/mol. The van der Waals surface area contributed by atoms with E-state index in [4.69, 9.17) is 4.42 Å². The summed E-state index contributed by atoms with van der Waals surface area (Å²) in [5, 5.41) is 2.57. The molecule has 37 heavy (non-hydrogen) atoms. The van der Waals surface area contributed by atoms with E-state index in [2.05, 4.69) is 29.0 Å². The Morgan fingerprint density at radius 3 is 2.51 bits per heavy atom. The van der Waals surface area contributed by atoms with Crippen molar-refractivity contribution in [1.29, 1.82) is 0 Å². The van der Waals surface area contributed by atoms with Gasteiger partial charge in [-0.05, 0) is 68.1 Å². The summed E-state index contributed by atoms with van der Waals surface area (Å²) in [6, 6.07) is 3.36. The summed E-state index contributed by atoms with van der Waals surface area (Å²) in [5.74, 6) is -0.218. The van der Waals surface area contributed by atoms with Crippen LogP contribution in [0.2, 0.25) is 0 Å². The number of hydrogen-bond donors (Lipinski definition) is 1. The number of fused-ring (bicyclic) bond motifs is 2. The lowest BCUT2D eigenvalue weighted by atomic mass is 9.75. The third-order valence-corrected chi connectivity index (χ3v) is 9.05. The number of nitrogens with one attached hydrogen (secondary N) is 1. The highest BCUT2D eigenvalue weighted by molar-refractivity contribution is 6.04. The van der Waals surface area contributed by atoms with Crippen LogP contribution in [-0.4, -0.2) is 42.7 Å². The minimum absolute atomic E-state index is 0.0207. The van der Waals surface area contributed by atoms with E-state index >= 15 is 4.39 Å². The molecule has 10 heteroatoms. The van der Waals surface area contributed by atoms with E-state index in [0.29, 0.717) is 31.2 Å². The second kappa shape index (κ2) is 8.63. The topological polar surface area (TPSA) is 61.6 Å². The zero-order valence-corrected chi connectivity index (χ0v) is 21.1. The number of nitrogens with zero attached hydrogens (tertiary/aromatic N) is 3. The molecule has 200 valence electrons. The van der Waals surface area contributed by atoms with Crippen molar-refractivity contribution < 1.29 is 26.8 Å². The zero-order valence-electron chi connectivity index (χ0n) is 21.1. The smallest absolute Gasteiger partial charge is 0.396 e. The number of anilines is 3. The number of hydrogen-bond acceptors (Lipinski definition) is 5. The summed E-state index contributed by atoms with van der Waals surface area (Å²) in [7, 11) is 0. The lowest BCUT2D eigenvalue weighted by molar-refractivity contribution is -0.130. The van der Waals surface area contributed by atoms with Gasteiger partial charge in [0.05, 0.1) is 5.69 Å². The molecule has 0 radical (unpaired) electrons. The molecule has 3 heterocycles. The summed E-state index contributed by atoms with van der Waals surface area (Å²) >= 11 is 0. The molecule has 2 aliphatic carbocycles. The number of rotatable bonds is 7. The summed E-state index contributed by atoms with van der Waals surface area (Å²) in [5.41, 5.74) is 1.28. The van der Waals surface area contributed by atoms with Crippen LogP contribution in [0.4, 0.5) is 35.0 Å². The van der Waals surface area contributed by atoms with Crippen LogP contribution >= 0.6 is 0 Å². The molecule has 1 amide bonds. The third-order valence-electron chi connectivity index (χ3n) is 9.05. The van der Waals surface area contributed by atoms with Crippen molar-refractivity contribution in [1.82, 2.24) is 4.98 Å². The minimum Gasteiger partial charge on any atom is -0.427 e. The number of carbonyl (C=O) groups is 1. The molecule has 1 aromatic heterocycles. The fourth-order valence-electron chi connectivity index (χ4n) is 6.64. The molecule has 2 atom stereocenters. The largest absolute Gasteiger partial charge is 0.427 e. The monoisotopic (exact) mass is 520 g/mol. The van der Waals surface area contributed by atoms with Gasteiger partial charge in [-0.15, -0.1) is 0 Å². The van der Waals surface area contributed by atoms with Crippen molar-refractivity contribution in [3.8, 4) is 0 Å². The molecule has 2 unspecified atom stereocenters. The van der Waals surface area contributed by atoms with Crippen molar-refractivity contribution in [2.45, 2.75) is 71.0 Å². The molecule has 4 aliphatic rings. The van der Waals surface area contributed by atoms with Gasteiger partial charge in [-0.2, -0.15) is 18.2 Å². The van der Waals surface area contributed by atoms with E-state index < -0.39 is 35.8 Å². The fraction of sp³-hybridized carbons (Fsp3) is 0.630. The highest BCUT2D eigenvalue weighted by atomic mass is 19.4. The lowest BCUT2D eigenvalue weighted by Crippen LogP contribution is -2.56. The van der Waals surface area contributed by atoms with Crippen LogP contribution in [0.1, 0.15) is 67.8 Å². The number of benzene rings is 1. The summed E-state index contributed by atoms with van der Waals surface area (Å²) in [6.07, 6.45) is 0.0720. The molecule has 3 fully saturated rings. The van der Waals surface area contributed by atoms with Gasteiger partial charge in [0, 0.05) is 36.8 Å². The van der Waals surface area contributed by atoms with Crippen LogP contribution in [-0.2, 0) is 12.8 Å². The van der Waals surface area contributed by atoms with Crippen LogP contribution in [0.25, 0.3) is 0 Å². The molecule has 2 aromatic rings. The Kier molecular flexibility index (Phi) is 5.73. The number of oxazole rings is 1. The average Bonchev–Trinajstić information content (AvgIpc) is 3.16. The maximum atomic E-state index is 15.2. The highest BCUT2D eigenvalue weighted by Gasteiger charge is 2.49. The normalized spacial score (nSPS) is 25.6. The average molecular weight is 521 g/mol. The van der Waals surface area contributed by atoms with Crippen LogP contribution in [0.15, 0.2) is 16.5 Å². The maximum absolute atomic E-state index is 15.2. The molecule has 0 spiro atoms. The SMILES string of the molecule is CCC1(CC)CN(c2nc(C(=O)Nc3cc(F)c4c(c3)CCN4C3CC4CC4C3)c(CC(F)(F)F)o2)C1. The first kappa shape index (κ1) is 24.6. The van der Waals surface area contributed by atoms with Crippen molar-refractivity contribution in [3.05, 3.63) is 35.0 Å². The van der Waals surface area contributed by atoms with Crippen molar-refractivity contribution in [2.24, 2.45) is 17.3 Å². The fourth-order valence-corrected chi connectivity index (χ4v) is 6.64.